The van der Waals surface area contributed by atoms with Gasteiger partial charge in [0.05, 0.1) is 13.2 Å². The zero-order chi connectivity index (χ0) is 43.7. The van der Waals surface area contributed by atoms with Crippen molar-refractivity contribution < 1.29 is 49.0 Å². The molecule has 1 saturated heterocycles. The molecule has 0 aromatic heterocycles. The van der Waals surface area contributed by atoms with Crippen LogP contribution in [0.2, 0.25) is 0 Å². The van der Waals surface area contributed by atoms with Crippen molar-refractivity contribution >= 4 is 11.9 Å². The molecule has 4 N–H and O–H groups in total. The molecule has 1 fully saturated rings. The van der Waals surface area contributed by atoms with Crippen molar-refractivity contribution in [1.29, 1.82) is 0 Å². The van der Waals surface area contributed by atoms with E-state index in [0.717, 1.165) is 51.4 Å². The molecule has 0 amide bonds. The highest BCUT2D eigenvalue weighted by Crippen LogP contribution is 2.22. The average Bonchev–Trinajstić information content (AvgIpc) is 3.25. The molecule has 60 heavy (non-hydrogen) atoms. The van der Waals surface area contributed by atoms with Gasteiger partial charge in [0.2, 0.25) is 0 Å². The normalized spacial score (nSPS) is 20.4. The Morgan fingerprint density at radius 3 is 1.47 bits per heavy atom. The van der Waals surface area contributed by atoms with E-state index in [1.54, 1.807) is 0 Å². The summed E-state index contributed by atoms with van der Waals surface area (Å²) in [6.07, 6.45) is 42.3. The number of aliphatic hydroxyl groups is 4. The lowest BCUT2D eigenvalue weighted by Crippen LogP contribution is -2.59. The molecule has 2 unspecified atom stereocenters. The van der Waals surface area contributed by atoms with Gasteiger partial charge < -0.3 is 39.4 Å². The maximum atomic E-state index is 12.8. The quantitative estimate of drug-likeness (QED) is 0.0267. The van der Waals surface area contributed by atoms with Crippen LogP contribution in [0.3, 0.4) is 0 Å². The van der Waals surface area contributed by atoms with Crippen molar-refractivity contribution in [2.24, 2.45) is 0 Å². The molecule has 1 aliphatic rings. The second-order valence-corrected chi connectivity index (χ2v) is 16.2. The highest BCUT2D eigenvalue weighted by molar-refractivity contribution is 5.70. The van der Waals surface area contributed by atoms with Crippen LogP contribution in [0, 0.1) is 0 Å². The standard InChI is InChI=1S/C50H86O10/c1-3-5-7-9-11-13-15-17-19-20-21-22-23-24-25-27-29-31-33-35-37-39-46(53)59-43(42-58-50-49(56)48(55)47(54)44(40-51)60-50)41-57-45(52)38-36-34-32-30-28-26-18-16-14-12-10-8-6-4-2/h16,18-20,22-23,25,27,31,33,43-44,47-51,54-56H,3-15,17,21,24,26,28-30,32,34-42H2,1-2H3/b18-16+,20-19+,23-22+,27-25+,33-31+/t43-,44-,47+,48?,49?,50-/m1/s1. The molecule has 1 rings (SSSR count). The first kappa shape index (κ1) is 55.4. The van der Waals surface area contributed by atoms with Crippen LogP contribution >= 0.6 is 0 Å². The Morgan fingerprint density at radius 1 is 0.517 bits per heavy atom. The van der Waals surface area contributed by atoms with Crippen molar-refractivity contribution in [2.45, 2.75) is 224 Å². The van der Waals surface area contributed by atoms with Crippen LogP contribution < -0.4 is 0 Å². The van der Waals surface area contributed by atoms with E-state index in [4.69, 9.17) is 18.9 Å². The van der Waals surface area contributed by atoms with Crippen molar-refractivity contribution in [3.63, 3.8) is 0 Å². The second kappa shape index (κ2) is 40.5. The molecule has 1 heterocycles. The van der Waals surface area contributed by atoms with Crippen LogP contribution in [-0.4, -0.2) is 89.0 Å². The van der Waals surface area contributed by atoms with Crippen molar-refractivity contribution in [1.82, 2.24) is 0 Å². The maximum absolute atomic E-state index is 12.8. The predicted molar refractivity (Wildman–Crippen MR) is 242 cm³/mol. The third kappa shape index (κ3) is 31.3. The number of esters is 2. The van der Waals surface area contributed by atoms with Crippen LogP contribution in [0.4, 0.5) is 0 Å². The first-order valence-corrected chi connectivity index (χ1v) is 23.9. The van der Waals surface area contributed by atoms with E-state index in [1.165, 1.54) is 89.9 Å². The smallest absolute Gasteiger partial charge is 0.306 e. The first-order chi connectivity index (χ1) is 29.3. The molecular weight excluding hydrogens is 761 g/mol. The van der Waals surface area contributed by atoms with Crippen molar-refractivity contribution in [3.8, 4) is 0 Å². The molecule has 0 radical (unpaired) electrons. The van der Waals surface area contributed by atoms with Gasteiger partial charge in [0.1, 0.15) is 31.0 Å². The summed E-state index contributed by atoms with van der Waals surface area (Å²) >= 11 is 0. The van der Waals surface area contributed by atoms with Gasteiger partial charge in [-0.25, -0.2) is 0 Å². The van der Waals surface area contributed by atoms with E-state index >= 15 is 0 Å². The molecule has 0 spiro atoms. The zero-order valence-corrected chi connectivity index (χ0v) is 37.7. The fourth-order valence-corrected chi connectivity index (χ4v) is 6.82. The number of hydrogen-bond acceptors (Lipinski definition) is 10. The summed E-state index contributed by atoms with van der Waals surface area (Å²) in [4.78, 5) is 25.3. The number of unbranched alkanes of at least 4 members (excludes halogenated alkanes) is 18. The van der Waals surface area contributed by atoms with E-state index < -0.39 is 55.4 Å². The minimum Gasteiger partial charge on any atom is -0.462 e. The molecule has 346 valence electrons. The summed E-state index contributed by atoms with van der Waals surface area (Å²) in [5.74, 6) is -0.884. The number of aliphatic hydroxyl groups excluding tert-OH is 4. The number of carbonyl (C=O) groups excluding carboxylic acids is 2. The van der Waals surface area contributed by atoms with Crippen LogP contribution in [0.15, 0.2) is 60.8 Å². The van der Waals surface area contributed by atoms with Gasteiger partial charge in [-0.15, -0.1) is 0 Å². The minimum atomic E-state index is -1.61. The Balaban J connectivity index is 2.36. The van der Waals surface area contributed by atoms with Crippen LogP contribution in [0.5, 0.6) is 0 Å². The fraction of sp³-hybridized carbons (Fsp3) is 0.760. The van der Waals surface area contributed by atoms with Gasteiger partial charge >= 0.3 is 11.9 Å². The lowest BCUT2D eigenvalue weighted by molar-refractivity contribution is -0.305. The Bertz CT molecular complexity index is 1160. The minimum absolute atomic E-state index is 0.151. The SMILES string of the molecule is CCCCCCC/C=C/CCCCCCCC(=O)OC[C@H](CO[C@@H]1O[C@H](CO)[C@H](O)C(O)C1O)OC(=O)CCC/C=C/C/C=C/C/C=C/C/C=C/CCCCCCCCC. The van der Waals surface area contributed by atoms with Gasteiger partial charge in [-0.3, -0.25) is 9.59 Å². The van der Waals surface area contributed by atoms with Gasteiger partial charge in [-0.2, -0.15) is 0 Å². The van der Waals surface area contributed by atoms with Crippen molar-refractivity contribution in [2.75, 3.05) is 19.8 Å². The molecule has 10 nitrogen and oxygen atoms in total. The molecule has 0 bridgehead atoms. The topological polar surface area (TPSA) is 152 Å². The van der Waals surface area contributed by atoms with E-state index in [1.807, 2.05) is 6.08 Å². The first-order valence-electron chi connectivity index (χ1n) is 23.9. The second-order valence-electron chi connectivity index (χ2n) is 16.2. The predicted octanol–water partition coefficient (Wildman–Crippen LogP) is 10.6. The number of ether oxygens (including phenoxy) is 4. The summed E-state index contributed by atoms with van der Waals surface area (Å²) in [6, 6.07) is 0. The number of allylic oxidation sites excluding steroid dienone is 10. The third-order valence-corrected chi connectivity index (χ3v) is 10.6. The molecule has 0 aliphatic carbocycles. The highest BCUT2D eigenvalue weighted by atomic mass is 16.7. The Labute approximate surface area is 364 Å². The van der Waals surface area contributed by atoms with E-state index in [0.29, 0.717) is 19.3 Å². The van der Waals surface area contributed by atoms with Gasteiger partial charge in [-0.1, -0.05) is 158 Å². The lowest BCUT2D eigenvalue weighted by Gasteiger charge is -2.39. The van der Waals surface area contributed by atoms with E-state index in [2.05, 4.69) is 68.5 Å². The average molecular weight is 847 g/mol. The molecule has 6 atom stereocenters. The van der Waals surface area contributed by atoms with Gasteiger partial charge in [0, 0.05) is 12.8 Å². The fourth-order valence-electron chi connectivity index (χ4n) is 6.82. The Kier molecular flexibility index (Phi) is 37.4. The lowest BCUT2D eigenvalue weighted by atomic mass is 9.99. The van der Waals surface area contributed by atoms with E-state index in [9.17, 15) is 30.0 Å². The molecule has 1 aliphatic heterocycles. The summed E-state index contributed by atoms with van der Waals surface area (Å²) in [5.41, 5.74) is 0. The molecule has 0 saturated carbocycles. The van der Waals surface area contributed by atoms with Crippen LogP contribution in [0.1, 0.15) is 187 Å². The third-order valence-electron chi connectivity index (χ3n) is 10.6. The summed E-state index contributed by atoms with van der Waals surface area (Å²) in [5, 5.41) is 40.1. The Morgan fingerprint density at radius 2 is 0.950 bits per heavy atom. The number of carbonyl (C=O) groups is 2. The van der Waals surface area contributed by atoms with Gasteiger partial charge in [0.15, 0.2) is 12.4 Å². The van der Waals surface area contributed by atoms with Gasteiger partial charge in [0.25, 0.3) is 0 Å². The van der Waals surface area contributed by atoms with Crippen LogP contribution in [0.25, 0.3) is 0 Å². The highest BCUT2D eigenvalue weighted by Gasteiger charge is 2.44. The largest absolute Gasteiger partial charge is 0.462 e. The maximum Gasteiger partial charge on any atom is 0.306 e. The van der Waals surface area contributed by atoms with Crippen LogP contribution in [-0.2, 0) is 28.5 Å². The van der Waals surface area contributed by atoms with E-state index in [-0.39, 0.29) is 26.1 Å². The Hall–Kier alpha value is -2.60. The molecule has 0 aromatic rings. The zero-order valence-electron chi connectivity index (χ0n) is 37.7. The van der Waals surface area contributed by atoms with Crippen molar-refractivity contribution in [3.05, 3.63) is 60.8 Å². The summed E-state index contributed by atoms with van der Waals surface area (Å²) in [7, 11) is 0. The number of hydrogen-bond donors (Lipinski definition) is 4. The molecule has 10 heteroatoms. The summed E-state index contributed by atoms with van der Waals surface area (Å²) in [6.45, 7) is 3.35. The number of rotatable bonds is 39. The van der Waals surface area contributed by atoms with Gasteiger partial charge in [-0.05, 0) is 77.0 Å². The molecule has 0 aromatic carbocycles. The monoisotopic (exact) mass is 847 g/mol. The molecular formula is C50H86O10. The summed E-state index contributed by atoms with van der Waals surface area (Å²) < 4.78 is 22.1.